The van der Waals surface area contributed by atoms with Gasteiger partial charge in [0, 0.05) is 5.92 Å². The van der Waals surface area contributed by atoms with E-state index >= 15 is 0 Å². The van der Waals surface area contributed by atoms with E-state index in [4.69, 9.17) is 4.52 Å². The predicted molar refractivity (Wildman–Crippen MR) is 42.6 cm³/mol. The molecule has 3 rings (SSSR count). The molecule has 5 nitrogen and oxygen atoms in total. The molecule has 1 fully saturated rings. The highest BCUT2D eigenvalue weighted by atomic mass is 16.5. The second-order valence-corrected chi connectivity index (χ2v) is 3.23. The highest BCUT2D eigenvalue weighted by molar-refractivity contribution is 5.73. The predicted octanol–water partition coefficient (Wildman–Crippen LogP) is 1.01. The first-order valence-corrected chi connectivity index (χ1v) is 4.18. The summed E-state index contributed by atoms with van der Waals surface area (Å²) >= 11 is 0. The number of rotatable bonds is 2. The number of hydrogen-bond acceptors (Lipinski definition) is 4. The maximum absolute atomic E-state index is 10.6. The van der Waals surface area contributed by atoms with Crippen molar-refractivity contribution < 1.29 is 9.32 Å². The molecule has 1 saturated carbocycles. The van der Waals surface area contributed by atoms with Gasteiger partial charge in [-0.1, -0.05) is 5.16 Å². The van der Waals surface area contributed by atoms with Crippen molar-refractivity contribution in [3.8, 4) is 0 Å². The van der Waals surface area contributed by atoms with Crippen LogP contribution in [-0.2, 0) is 0 Å². The summed E-state index contributed by atoms with van der Waals surface area (Å²) in [6.07, 6.45) is 4.51. The molecule has 2 aromatic heterocycles. The van der Waals surface area contributed by atoms with Crippen LogP contribution in [0.5, 0.6) is 0 Å². The zero-order valence-corrected chi connectivity index (χ0v) is 6.80. The number of carbonyl (C=O) groups excluding carboxylic acids is 1. The van der Waals surface area contributed by atoms with Crippen molar-refractivity contribution in [2.75, 3.05) is 0 Å². The summed E-state index contributed by atoms with van der Waals surface area (Å²) < 4.78 is 6.66. The molecule has 0 aromatic carbocycles. The minimum absolute atomic E-state index is 0.406. The average molecular weight is 177 g/mol. The van der Waals surface area contributed by atoms with Crippen LogP contribution >= 0.6 is 0 Å². The third kappa shape index (κ3) is 0.838. The summed E-state index contributed by atoms with van der Waals surface area (Å²) in [5.41, 5.74) is 0.512. The van der Waals surface area contributed by atoms with E-state index in [1.807, 2.05) is 0 Å². The lowest BCUT2D eigenvalue weighted by molar-refractivity contribution is 0.111. The summed E-state index contributed by atoms with van der Waals surface area (Å²) in [5, 5.41) is 3.89. The number of imidazole rings is 1. The first kappa shape index (κ1) is 6.82. The molecule has 13 heavy (non-hydrogen) atoms. The third-order valence-corrected chi connectivity index (χ3v) is 2.27. The van der Waals surface area contributed by atoms with Crippen molar-refractivity contribution in [2.24, 2.45) is 0 Å². The van der Waals surface area contributed by atoms with Crippen LogP contribution in [0.1, 0.15) is 35.1 Å². The molecule has 0 atom stereocenters. The van der Waals surface area contributed by atoms with E-state index in [9.17, 15) is 4.79 Å². The summed E-state index contributed by atoms with van der Waals surface area (Å²) in [6, 6.07) is 0. The van der Waals surface area contributed by atoms with Crippen molar-refractivity contribution in [2.45, 2.75) is 18.8 Å². The number of nitrogens with zero attached hydrogens (tertiary/aromatic N) is 3. The molecule has 1 aliphatic carbocycles. The molecule has 2 heterocycles. The fourth-order valence-corrected chi connectivity index (χ4v) is 1.45. The molecular formula is C8H7N3O2. The van der Waals surface area contributed by atoms with E-state index in [0.29, 0.717) is 17.5 Å². The third-order valence-electron chi connectivity index (χ3n) is 2.27. The molecule has 0 bridgehead atoms. The van der Waals surface area contributed by atoms with Gasteiger partial charge in [0.2, 0.25) is 0 Å². The van der Waals surface area contributed by atoms with Crippen LogP contribution in [0.3, 0.4) is 0 Å². The molecule has 0 amide bonds. The zero-order chi connectivity index (χ0) is 8.84. The van der Waals surface area contributed by atoms with Gasteiger partial charge in [-0.05, 0) is 12.8 Å². The number of carbonyl (C=O) groups is 1. The van der Waals surface area contributed by atoms with Crippen LogP contribution in [0.15, 0.2) is 10.7 Å². The Morgan fingerprint density at radius 2 is 2.46 bits per heavy atom. The number of hydrogen-bond donors (Lipinski definition) is 0. The number of aromatic nitrogens is 3. The van der Waals surface area contributed by atoms with Crippen molar-refractivity contribution >= 4 is 12.1 Å². The van der Waals surface area contributed by atoms with Crippen LogP contribution in [0.25, 0.3) is 5.84 Å². The SMILES string of the molecule is O=Cc1cnc2onc(C3CC3)n12. The fourth-order valence-electron chi connectivity index (χ4n) is 1.45. The highest BCUT2D eigenvalue weighted by Crippen LogP contribution is 2.39. The quantitative estimate of drug-likeness (QED) is 0.642. The molecule has 0 saturated heterocycles. The van der Waals surface area contributed by atoms with E-state index in [2.05, 4.69) is 10.1 Å². The smallest absolute Gasteiger partial charge is 0.315 e. The van der Waals surface area contributed by atoms with E-state index in [1.54, 1.807) is 4.40 Å². The van der Waals surface area contributed by atoms with E-state index in [1.165, 1.54) is 6.20 Å². The van der Waals surface area contributed by atoms with Gasteiger partial charge < -0.3 is 4.52 Å². The molecule has 0 N–H and O–H groups in total. The van der Waals surface area contributed by atoms with Gasteiger partial charge in [-0.15, -0.1) is 0 Å². The first-order chi connectivity index (χ1) is 6.40. The monoisotopic (exact) mass is 177 g/mol. The lowest BCUT2D eigenvalue weighted by atomic mass is 10.4. The second kappa shape index (κ2) is 2.18. The highest BCUT2D eigenvalue weighted by Gasteiger charge is 2.30. The lowest BCUT2D eigenvalue weighted by Gasteiger charge is -1.90. The minimum Gasteiger partial charge on any atom is -0.315 e. The van der Waals surface area contributed by atoms with Gasteiger partial charge in [-0.2, -0.15) is 0 Å². The summed E-state index contributed by atoms with van der Waals surface area (Å²) in [6.45, 7) is 0. The van der Waals surface area contributed by atoms with Gasteiger partial charge in [0.1, 0.15) is 5.69 Å². The Balaban J connectivity index is 2.31. The molecule has 5 heteroatoms. The first-order valence-electron chi connectivity index (χ1n) is 4.18. The number of aldehydes is 1. The van der Waals surface area contributed by atoms with Crippen LogP contribution in [0.4, 0.5) is 0 Å². The van der Waals surface area contributed by atoms with Gasteiger partial charge in [0.05, 0.1) is 6.20 Å². The maximum atomic E-state index is 10.6. The van der Waals surface area contributed by atoms with E-state index in [-0.39, 0.29) is 0 Å². The van der Waals surface area contributed by atoms with Crippen LogP contribution in [0, 0.1) is 0 Å². The summed E-state index contributed by atoms with van der Waals surface area (Å²) in [5.74, 6) is 1.69. The normalized spacial score (nSPS) is 16.6. The van der Waals surface area contributed by atoms with Crippen LogP contribution in [0.2, 0.25) is 0 Å². The molecule has 0 radical (unpaired) electrons. The summed E-state index contributed by atoms with van der Waals surface area (Å²) in [4.78, 5) is 14.6. The lowest BCUT2D eigenvalue weighted by Crippen LogP contribution is -1.94. The molecule has 66 valence electrons. The van der Waals surface area contributed by atoms with Gasteiger partial charge in [0.15, 0.2) is 12.1 Å². The Hall–Kier alpha value is -1.65. The van der Waals surface area contributed by atoms with Crippen molar-refractivity contribution in [3.05, 3.63) is 17.7 Å². The number of fused-ring (bicyclic) bond motifs is 1. The standard InChI is InChI=1S/C8H7N3O2/c12-4-6-3-9-8-11(6)7(10-13-8)5-1-2-5/h3-5H,1-2H2. The maximum Gasteiger partial charge on any atom is 0.332 e. The minimum atomic E-state index is 0.406. The Kier molecular flexibility index (Phi) is 1.15. The molecule has 2 aromatic rings. The molecule has 0 aliphatic heterocycles. The Morgan fingerprint density at radius 3 is 3.15 bits per heavy atom. The Labute approximate surface area is 73.4 Å². The molecular weight excluding hydrogens is 170 g/mol. The zero-order valence-electron chi connectivity index (χ0n) is 6.80. The van der Waals surface area contributed by atoms with Gasteiger partial charge in [-0.25, -0.2) is 9.38 Å². The molecule has 0 spiro atoms. The second-order valence-electron chi connectivity index (χ2n) is 3.23. The average Bonchev–Trinajstić information content (AvgIpc) is 2.78. The Bertz CT molecular complexity index is 467. The largest absolute Gasteiger partial charge is 0.332 e. The van der Waals surface area contributed by atoms with Crippen molar-refractivity contribution in [1.82, 2.24) is 14.5 Å². The van der Waals surface area contributed by atoms with Gasteiger partial charge in [-0.3, -0.25) is 4.79 Å². The van der Waals surface area contributed by atoms with Crippen molar-refractivity contribution in [3.63, 3.8) is 0 Å². The van der Waals surface area contributed by atoms with E-state index in [0.717, 1.165) is 25.0 Å². The molecule has 0 unspecified atom stereocenters. The summed E-state index contributed by atoms with van der Waals surface area (Å²) in [7, 11) is 0. The van der Waals surface area contributed by atoms with E-state index < -0.39 is 0 Å². The van der Waals surface area contributed by atoms with Gasteiger partial charge >= 0.3 is 5.84 Å². The fraction of sp³-hybridized carbons (Fsp3) is 0.375. The van der Waals surface area contributed by atoms with Crippen LogP contribution in [-0.4, -0.2) is 20.8 Å². The topological polar surface area (TPSA) is 60.4 Å². The Morgan fingerprint density at radius 1 is 1.62 bits per heavy atom. The van der Waals surface area contributed by atoms with Crippen LogP contribution < -0.4 is 0 Å². The van der Waals surface area contributed by atoms with Crippen molar-refractivity contribution in [1.29, 1.82) is 0 Å². The van der Waals surface area contributed by atoms with Gasteiger partial charge in [0.25, 0.3) is 0 Å². The molecule has 1 aliphatic rings.